The van der Waals surface area contributed by atoms with Crippen molar-refractivity contribution in [2.45, 2.75) is 13.0 Å². The number of nitriles is 1. The number of thiazole rings is 1. The Morgan fingerprint density at radius 1 is 1.32 bits per heavy atom. The van der Waals surface area contributed by atoms with Crippen molar-refractivity contribution in [3.05, 3.63) is 46.4 Å². The summed E-state index contributed by atoms with van der Waals surface area (Å²) < 4.78 is 5.20. The minimum absolute atomic E-state index is 0.0885. The van der Waals surface area contributed by atoms with Crippen LogP contribution in [0.3, 0.4) is 0 Å². The van der Waals surface area contributed by atoms with E-state index in [-0.39, 0.29) is 6.61 Å². The van der Waals surface area contributed by atoms with Gasteiger partial charge in [0.2, 0.25) is 0 Å². The van der Waals surface area contributed by atoms with Crippen molar-refractivity contribution in [3.63, 3.8) is 0 Å². The van der Waals surface area contributed by atoms with Crippen LogP contribution in [0.4, 0.5) is 0 Å². The lowest BCUT2D eigenvalue weighted by atomic mass is 10.2. The maximum atomic E-state index is 8.41. The lowest BCUT2D eigenvalue weighted by Gasteiger charge is -2.05. The molecular weight excluding hydrogens is 258 g/mol. The topological polar surface area (TPSA) is 57.9 Å². The number of benzene rings is 1. The molecule has 2 aromatic rings. The molecule has 1 aromatic carbocycles. The van der Waals surface area contributed by atoms with Crippen molar-refractivity contribution in [2.24, 2.45) is 0 Å². The second-order valence-corrected chi connectivity index (χ2v) is 4.72. The molecule has 0 bridgehead atoms. The first-order valence-electron chi connectivity index (χ1n) is 6.05. The number of ether oxygens (including phenoxy) is 1. The molecule has 0 amide bonds. The first kappa shape index (κ1) is 13.5. The third-order valence-electron chi connectivity index (χ3n) is 2.60. The molecular formula is C14H15N3OS. The van der Waals surface area contributed by atoms with Crippen LogP contribution in [0.5, 0.6) is 5.75 Å². The van der Waals surface area contributed by atoms with Gasteiger partial charge >= 0.3 is 0 Å². The van der Waals surface area contributed by atoms with E-state index < -0.39 is 0 Å². The van der Waals surface area contributed by atoms with Gasteiger partial charge in [-0.2, -0.15) is 5.26 Å². The summed E-state index contributed by atoms with van der Waals surface area (Å²) in [6, 6.07) is 9.72. The molecule has 1 heterocycles. The summed E-state index contributed by atoms with van der Waals surface area (Å²) in [6.07, 6.45) is 0.951. The van der Waals surface area contributed by atoms with Crippen molar-refractivity contribution in [2.75, 3.05) is 13.2 Å². The van der Waals surface area contributed by atoms with Gasteiger partial charge in [-0.25, -0.2) is 4.98 Å². The molecule has 0 saturated heterocycles. The van der Waals surface area contributed by atoms with Crippen LogP contribution in [0.25, 0.3) is 0 Å². The van der Waals surface area contributed by atoms with Gasteiger partial charge in [0.1, 0.15) is 11.8 Å². The Kier molecular flexibility index (Phi) is 5.35. The van der Waals surface area contributed by atoms with Gasteiger partial charge in [0.15, 0.2) is 6.61 Å². The normalized spacial score (nSPS) is 10.1. The van der Waals surface area contributed by atoms with Crippen molar-refractivity contribution in [1.82, 2.24) is 10.3 Å². The van der Waals surface area contributed by atoms with Gasteiger partial charge in [-0.05, 0) is 17.7 Å². The smallest absolute Gasteiger partial charge is 0.174 e. The molecule has 5 heteroatoms. The number of rotatable bonds is 7. The van der Waals surface area contributed by atoms with Gasteiger partial charge in [0.25, 0.3) is 0 Å². The number of nitrogens with one attached hydrogen (secondary N) is 1. The number of hydrogen-bond acceptors (Lipinski definition) is 5. The minimum Gasteiger partial charge on any atom is -0.479 e. The summed E-state index contributed by atoms with van der Waals surface area (Å²) in [7, 11) is 0. The van der Waals surface area contributed by atoms with Crippen molar-refractivity contribution < 1.29 is 4.74 Å². The zero-order valence-corrected chi connectivity index (χ0v) is 11.3. The summed E-state index contributed by atoms with van der Waals surface area (Å²) in [6.45, 7) is 1.82. The molecule has 0 atom stereocenters. The highest BCUT2D eigenvalue weighted by atomic mass is 32.1. The summed E-state index contributed by atoms with van der Waals surface area (Å²) in [5.74, 6) is 0.729. The summed E-state index contributed by atoms with van der Waals surface area (Å²) >= 11 is 1.63. The average Bonchev–Trinajstić information content (AvgIpc) is 2.96. The third kappa shape index (κ3) is 4.70. The van der Waals surface area contributed by atoms with E-state index in [4.69, 9.17) is 10.00 Å². The van der Waals surface area contributed by atoms with E-state index in [1.807, 2.05) is 35.8 Å². The van der Waals surface area contributed by atoms with Gasteiger partial charge < -0.3 is 10.1 Å². The SMILES string of the molecule is N#CCOc1ccc(CNCCc2cscn2)cc1. The number of hydrogen-bond donors (Lipinski definition) is 1. The van der Waals surface area contributed by atoms with Crippen LogP contribution in [-0.2, 0) is 13.0 Å². The Morgan fingerprint density at radius 3 is 2.84 bits per heavy atom. The van der Waals surface area contributed by atoms with Crippen molar-refractivity contribution >= 4 is 11.3 Å². The Hall–Kier alpha value is -1.90. The lowest BCUT2D eigenvalue weighted by molar-refractivity contribution is 0.368. The van der Waals surface area contributed by atoms with E-state index in [9.17, 15) is 0 Å². The standard InChI is InChI=1S/C14H15N3OS/c15-6-8-18-14-3-1-12(2-4-14)9-16-7-5-13-10-19-11-17-13/h1-4,10-11,16H,5,7-9H2. The maximum absolute atomic E-state index is 8.41. The molecule has 98 valence electrons. The van der Waals surface area contributed by atoms with Gasteiger partial charge in [-0.15, -0.1) is 11.3 Å². The van der Waals surface area contributed by atoms with Crippen LogP contribution in [0, 0.1) is 11.3 Å². The van der Waals surface area contributed by atoms with E-state index in [0.29, 0.717) is 0 Å². The molecule has 0 aliphatic rings. The fourth-order valence-corrected chi connectivity index (χ4v) is 2.22. The molecule has 0 unspecified atom stereocenters. The quantitative estimate of drug-likeness (QED) is 0.787. The van der Waals surface area contributed by atoms with E-state index in [2.05, 4.69) is 15.7 Å². The second kappa shape index (κ2) is 7.52. The first-order valence-corrected chi connectivity index (χ1v) is 6.99. The fourth-order valence-electron chi connectivity index (χ4n) is 1.63. The van der Waals surface area contributed by atoms with Crippen LogP contribution in [-0.4, -0.2) is 18.1 Å². The van der Waals surface area contributed by atoms with Crippen LogP contribution < -0.4 is 10.1 Å². The van der Waals surface area contributed by atoms with E-state index in [1.54, 1.807) is 11.3 Å². The molecule has 0 saturated carbocycles. The van der Waals surface area contributed by atoms with Crippen LogP contribution in [0.2, 0.25) is 0 Å². The number of aromatic nitrogens is 1. The highest BCUT2D eigenvalue weighted by Gasteiger charge is 1.97. The zero-order valence-electron chi connectivity index (χ0n) is 10.5. The molecule has 0 fully saturated rings. The Morgan fingerprint density at radius 2 is 2.16 bits per heavy atom. The summed E-state index contributed by atoms with van der Waals surface area (Å²) in [5.41, 5.74) is 4.19. The van der Waals surface area contributed by atoms with Crippen LogP contribution in [0.15, 0.2) is 35.2 Å². The van der Waals surface area contributed by atoms with Crippen molar-refractivity contribution in [3.8, 4) is 11.8 Å². The molecule has 0 aliphatic heterocycles. The van der Waals surface area contributed by atoms with Gasteiger partial charge in [-0.1, -0.05) is 12.1 Å². The minimum atomic E-state index is 0.0885. The fraction of sp³-hybridized carbons (Fsp3) is 0.286. The highest BCUT2D eigenvalue weighted by Crippen LogP contribution is 2.11. The molecule has 1 N–H and O–H groups in total. The molecule has 0 spiro atoms. The van der Waals surface area contributed by atoms with E-state index in [0.717, 1.165) is 31.0 Å². The van der Waals surface area contributed by atoms with Gasteiger partial charge in [0.05, 0.1) is 11.2 Å². The summed E-state index contributed by atoms with van der Waals surface area (Å²) in [4.78, 5) is 4.24. The second-order valence-electron chi connectivity index (χ2n) is 4.00. The summed E-state index contributed by atoms with van der Waals surface area (Å²) in [5, 5.41) is 13.9. The molecule has 0 aliphatic carbocycles. The first-order chi connectivity index (χ1) is 9.38. The molecule has 2 rings (SSSR count). The highest BCUT2D eigenvalue weighted by molar-refractivity contribution is 7.07. The molecule has 4 nitrogen and oxygen atoms in total. The maximum Gasteiger partial charge on any atom is 0.174 e. The Bertz CT molecular complexity index is 517. The average molecular weight is 273 g/mol. The van der Waals surface area contributed by atoms with Crippen molar-refractivity contribution in [1.29, 1.82) is 5.26 Å². The van der Waals surface area contributed by atoms with Crippen LogP contribution in [0.1, 0.15) is 11.3 Å². The molecule has 1 aromatic heterocycles. The largest absolute Gasteiger partial charge is 0.479 e. The monoisotopic (exact) mass is 273 g/mol. The van der Waals surface area contributed by atoms with Gasteiger partial charge in [0, 0.05) is 24.9 Å². The van der Waals surface area contributed by atoms with Gasteiger partial charge in [-0.3, -0.25) is 0 Å². The lowest BCUT2D eigenvalue weighted by Crippen LogP contribution is -2.16. The predicted octanol–water partition coefficient (Wildman–Crippen LogP) is 2.38. The predicted molar refractivity (Wildman–Crippen MR) is 75.1 cm³/mol. The third-order valence-corrected chi connectivity index (χ3v) is 3.23. The molecule has 19 heavy (non-hydrogen) atoms. The molecule has 0 radical (unpaired) electrons. The zero-order chi connectivity index (χ0) is 13.3. The Labute approximate surface area is 116 Å². The van der Waals surface area contributed by atoms with Crippen LogP contribution >= 0.6 is 11.3 Å². The number of nitrogens with zero attached hydrogens (tertiary/aromatic N) is 2. The van der Waals surface area contributed by atoms with E-state index >= 15 is 0 Å². The van der Waals surface area contributed by atoms with E-state index in [1.165, 1.54) is 5.56 Å². The Balaban J connectivity index is 1.69.